The van der Waals surface area contributed by atoms with Crippen LogP contribution < -0.4 is 5.73 Å². The molecule has 0 aromatic heterocycles. The lowest BCUT2D eigenvalue weighted by atomic mass is 10.0. The van der Waals surface area contributed by atoms with Gasteiger partial charge in [0.2, 0.25) is 5.91 Å². The zero-order valence-corrected chi connectivity index (χ0v) is 10.8. The summed E-state index contributed by atoms with van der Waals surface area (Å²) in [5, 5.41) is 2.40. The van der Waals surface area contributed by atoms with Crippen molar-refractivity contribution in [2.24, 2.45) is 5.73 Å². The first kappa shape index (κ1) is 12.6. The first-order chi connectivity index (χ1) is 8.58. The molecule has 3 nitrogen and oxygen atoms in total. The molecule has 94 valence electrons. The molecule has 1 unspecified atom stereocenters. The van der Waals surface area contributed by atoms with Crippen molar-refractivity contribution >= 4 is 16.7 Å². The van der Waals surface area contributed by atoms with Crippen LogP contribution in [0.1, 0.15) is 5.56 Å². The van der Waals surface area contributed by atoms with Gasteiger partial charge in [-0.1, -0.05) is 42.5 Å². The molecule has 0 saturated carbocycles. The fraction of sp³-hybridized carbons (Fsp3) is 0.267. The molecule has 2 aromatic rings. The molecule has 0 radical (unpaired) electrons. The molecule has 18 heavy (non-hydrogen) atoms. The van der Waals surface area contributed by atoms with E-state index in [1.54, 1.807) is 0 Å². The number of carbonyl (C=O) groups excluding carboxylic acids is 1. The van der Waals surface area contributed by atoms with E-state index < -0.39 is 0 Å². The van der Waals surface area contributed by atoms with E-state index in [-0.39, 0.29) is 11.9 Å². The third-order valence-electron chi connectivity index (χ3n) is 3.19. The lowest BCUT2D eigenvalue weighted by molar-refractivity contribution is -0.122. The summed E-state index contributed by atoms with van der Waals surface area (Å²) in [6, 6.07) is 14.2. The molecule has 2 rings (SSSR count). The van der Waals surface area contributed by atoms with Crippen LogP contribution in [0.25, 0.3) is 10.8 Å². The first-order valence-electron chi connectivity index (χ1n) is 6.01. The molecule has 0 aliphatic heterocycles. The molecule has 0 saturated heterocycles. The van der Waals surface area contributed by atoms with Crippen molar-refractivity contribution in [1.82, 2.24) is 4.90 Å². The lowest BCUT2D eigenvalue weighted by Gasteiger charge is -2.21. The molecular formula is C15H18N2O. The summed E-state index contributed by atoms with van der Waals surface area (Å²) in [4.78, 5) is 13.2. The number of fused-ring (bicyclic) bond motifs is 1. The van der Waals surface area contributed by atoms with E-state index >= 15 is 0 Å². The van der Waals surface area contributed by atoms with Crippen LogP contribution in [-0.4, -0.2) is 30.9 Å². The maximum Gasteiger partial charge on any atom is 0.235 e. The normalized spacial score (nSPS) is 12.8. The van der Waals surface area contributed by atoms with E-state index in [0.29, 0.717) is 6.42 Å². The molecule has 0 fully saturated rings. The van der Waals surface area contributed by atoms with Crippen LogP contribution in [0.5, 0.6) is 0 Å². The zero-order valence-electron chi connectivity index (χ0n) is 10.8. The number of hydrogen-bond acceptors (Lipinski definition) is 2. The number of likely N-dealkylation sites (N-methyl/N-ethyl adjacent to an activating group) is 1. The largest absolute Gasteiger partial charge is 0.368 e. The van der Waals surface area contributed by atoms with Crippen LogP contribution in [-0.2, 0) is 11.2 Å². The van der Waals surface area contributed by atoms with E-state index in [9.17, 15) is 4.79 Å². The molecule has 0 bridgehead atoms. The quantitative estimate of drug-likeness (QED) is 0.888. The Kier molecular flexibility index (Phi) is 3.63. The third-order valence-corrected chi connectivity index (χ3v) is 3.19. The van der Waals surface area contributed by atoms with Crippen LogP contribution in [0, 0.1) is 0 Å². The van der Waals surface area contributed by atoms with Crippen molar-refractivity contribution in [2.45, 2.75) is 12.5 Å². The topological polar surface area (TPSA) is 46.3 Å². The Bertz CT molecular complexity index is 563. The van der Waals surface area contributed by atoms with E-state index in [1.807, 2.05) is 31.1 Å². The molecule has 2 N–H and O–H groups in total. The van der Waals surface area contributed by atoms with Crippen molar-refractivity contribution in [1.29, 1.82) is 0 Å². The van der Waals surface area contributed by atoms with Gasteiger partial charge < -0.3 is 5.73 Å². The Balaban J connectivity index is 2.28. The highest BCUT2D eigenvalue weighted by molar-refractivity contribution is 5.84. The number of carbonyl (C=O) groups is 1. The average molecular weight is 242 g/mol. The standard InChI is InChI=1S/C15H18N2O/c1-17(2)14(15(16)18)10-11-7-8-12-5-3-4-6-13(12)9-11/h3-9,14H,10H2,1-2H3,(H2,16,18). The first-order valence-corrected chi connectivity index (χ1v) is 6.01. The van der Waals surface area contributed by atoms with Crippen LogP contribution in [0.2, 0.25) is 0 Å². The number of amides is 1. The molecule has 0 spiro atoms. The summed E-state index contributed by atoms with van der Waals surface area (Å²) >= 11 is 0. The van der Waals surface area contributed by atoms with Crippen LogP contribution in [0.3, 0.4) is 0 Å². The number of benzene rings is 2. The fourth-order valence-corrected chi connectivity index (χ4v) is 2.13. The summed E-state index contributed by atoms with van der Waals surface area (Å²) < 4.78 is 0. The number of hydrogen-bond donors (Lipinski definition) is 1. The van der Waals surface area contributed by atoms with Gasteiger partial charge in [-0.2, -0.15) is 0 Å². The summed E-state index contributed by atoms with van der Waals surface area (Å²) in [6.45, 7) is 0. The second-order valence-electron chi connectivity index (χ2n) is 4.77. The van der Waals surface area contributed by atoms with Gasteiger partial charge in [0, 0.05) is 0 Å². The molecule has 2 aromatic carbocycles. The van der Waals surface area contributed by atoms with E-state index in [0.717, 1.165) is 5.56 Å². The monoisotopic (exact) mass is 242 g/mol. The van der Waals surface area contributed by atoms with Gasteiger partial charge in [0.15, 0.2) is 0 Å². The molecule has 3 heteroatoms. The second-order valence-corrected chi connectivity index (χ2v) is 4.77. The van der Waals surface area contributed by atoms with E-state index in [1.165, 1.54) is 10.8 Å². The predicted octanol–water partition coefficient (Wildman–Crippen LogP) is 1.80. The molecular weight excluding hydrogens is 224 g/mol. The Morgan fingerprint density at radius 3 is 2.44 bits per heavy atom. The van der Waals surface area contributed by atoms with Gasteiger partial charge in [-0.15, -0.1) is 0 Å². The number of nitrogens with zero attached hydrogens (tertiary/aromatic N) is 1. The summed E-state index contributed by atoms with van der Waals surface area (Å²) in [7, 11) is 3.74. The Morgan fingerprint density at radius 2 is 1.83 bits per heavy atom. The van der Waals surface area contributed by atoms with Gasteiger partial charge in [-0.05, 0) is 36.9 Å². The SMILES string of the molecule is CN(C)C(Cc1ccc2ccccc2c1)C(N)=O. The predicted molar refractivity (Wildman–Crippen MR) is 74.3 cm³/mol. The van der Waals surface area contributed by atoms with Gasteiger partial charge in [0.05, 0.1) is 6.04 Å². The molecule has 0 aliphatic carbocycles. The molecule has 1 amide bonds. The van der Waals surface area contributed by atoms with E-state index in [4.69, 9.17) is 5.73 Å². The van der Waals surface area contributed by atoms with Gasteiger partial charge >= 0.3 is 0 Å². The van der Waals surface area contributed by atoms with Crippen molar-refractivity contribution in [3.63, 3.8) is 0 Å². The second kappa shape index (κ2) is 5.19. The number of primary amides is 1. The minimum atomic E-state index is -0.284. The fourth-order valence-electron chi connectivity index (χ4n) is 2.13. The Labute approximate surface area is 107 Å². The maximum absolute atomic E-state index is 11.4. The smallest absolute Gasteiger partial charge is 0.235 e. The van der Waals surface area contributed by atoms with E-state index in [2.05, 4.69) is 30.3 Å². The van der Waals surface area contributed by atoms with Crippen molar-refractivity contribution in [3.8, 4) is 0 Å². The minimum absolute atomic E-state index is 0.258. The van der Waals surface area contributed by atoms with Gasteiger partial charge in [-0.25, -0.2) is 0 Å². The van der Waals surface area contributed by atoms with Crippen LogP contribution in [0.15, 0.2) is 42.5 Å². The van der Waals surface area contributed by atoms with Gasteiger partial charge in [0.25, 0.3) is 0 Å². The summed E-state index contributed by atoms with van der Waals surface area (Å²) in [5.74, 6) is -0.284. The van der Waals surface area contributed by atoms with Crippen LogP contribution >= 0.6 is 0 Å². The number of nitrogens with two attached hydrogens (primary N) is 1. The third kappa shape index (κ3) is 2.68. The highest BCUT2D eigenvalue weighted by Gasteiger charge is 2.18. The zero-order chi connectivity index (χ0) is 13.1. The van der Waals surface area contributed by atoms with Crippen molar-refractivity contribution < 1.29 is 4.79 Å². The highest BCUT2D eigenvalue weighted by atomic mass is 16.1. The maximum atomic E-state index is 11.4. The van der Waals surface area contributed by atoms with Gasteiger partial charge in [0.1, 0.15) is 0 Å². The van der Waals surface area contributed by atoms with Gasteiger partial charge in [-0.3, -0.25) is 9.69 Å². The minimum Gasteiger partial charge on any atom is -0.368 e. The number of rotatable bonds is 4. The highest BCUT2D eigenvalue weighted by Crippen LogP contribution is 2.17. The average Bonchev–Trinajstić information content (AvgIpc) is 2.35. The van der Waals surface area contributed by atoms with Crippen molar-refractivity contribution in [2.75, 3.05) is 14.1 Å². The molecule has 1 atom stereocenters. The lowest BCUT2D eigenvalue weighted by Crippen LogP contribution is -2.41. The molecule has 0 heterocycles. The Hall–Kier alpha value is -1.87. The summed E-state index contributed by atoms with van der Waals surface area (Å²) in [5.41, 5.74) is 6.55. The van der Waals surface area contributed by atoms with Crippen LogP contribution in [0.4, 0.5) is 0 Å². The summed E-state index contributed by atoms with van der Waals surface area (Å²) in [6.07, 6.45) is 0.646. The van der Waals surface area contributed by atoms with Crippen molar-refractivity contribution in [3.05, 3.63) is 48.0 Å². The molecule has 0 aliphatic rings. The Morgan fingerprint density at radius 1 is 1.17 bits per heavy atom.